The number of piperazine rings is 1. The number of aromatic hydroxyl groups is 1. The first-order valence-electron chi connectivity index (χ1n) is 26.2. The SMILES string of the molecule is Cc1ncsc1-c1ccc([C@H](C)NC(=O)[C@@H]2C[C@@H](O)CN2C(=O)[C@@H](NC(=O)COCC2CCN(CCOc3nc(N4CC5CCC(C4)N5)c4cnc(-c5cc(O)cc6ccccc56)c(F)c4n3)CC2)C(C)(C)C)cc1. The minimum Gasteiger partial charge on any atom is -0.508 e. The van der Waals surface area contributed by atoms with Crippen LogP contribution in [0.15, 0.2) is 72.4 Å². The first-order chi connectivity index (χ1) is 36.1. The number of phenols is 1. The highest BCUT2D eigenvalue weighted by Crippen LogP contribution is 2.38. The summed E-state index contributed by atoms with van der Waals surface area (Å²) in [5.74, 6) is -1.02. The number of hydrogen-bond acceptors (Lipinski definition) is 15. The second kappa shape index (κ2) is 22.1. The Balaban J connectivity index is 0.712. The Bertz CT molecular complexity index is 3040. The number of piperidine rings is 1. The van der Waals surface area contributed by atoms with Crippen molar-refractivity contribution in [2.45, 2.75) is 103 Å². The van der Waals surface area contributed by atoms with Gasteiger partial charge in [0.1, 0.15) is 48.1 Å². The fraction of sp³-hybridized carbons (Fsp3) is 0.482. The van der Waals surface area contributed by atoms with E-state index in [1.54, 1.807) is 23.6 Å². The van der Waals surface area contributed by atoms with Crippen molar-refractivity contribution in [2.75, 3.05) is 64.0 Å². The number of rotatable bonds is 16. The van der Waals surface area contributed by atoms with E-state index < -0.39 is 41.2 Å². The fourth-order valence-electron chi connectivity index (χ4n) is 11.2. The number of phenolic OH excluding ortho intramolecular Hbond substituents is 1. The number of hydrogen-bond donors (Lipinski definition) is 5. The predicted octanol–water partition coefficient (Wildman–Crippen LogP) is 6.54. The van der Waals surface area contributed by atoms with E-state index in [-0.39, 0.29) is 67.0 Å². The first-order valence-corrected chi connectivity index (χ1v) is 27.0. The van der Waals surface area contributed by atoms with Crippen molar-refractivity contribution >= 4 is 56.6 Å². The topological polar surface area (TPSA) is 208 Å². The summed E-state index contributed by atoms with van der Waals surface area (Å²) in [7, 11) is 0. The van der Waals surface area contributed by atoms with E-state index in [9.17, 15) is 24.6 Å². The number of carbonyl (C=O) groups excluding carboxylic acids is 3. The van der Waals surface area contributed by atoms with Crippen molar-refractivity contribution in [3.63, 3.8) is 0 Å². The summed E-state index contributed by atoms with van der Waals surface area (Å²) in [6.45, 7) is 13.4. The van der Waals surface area contributed by atoms with Crippen molar-refractivity contribution in [3.8, 4) is 33.5 Å². The number of nitrogens with zero attached hydrogens (tertiary/aromatic N) is 7. The van der Waals surface area contributed by atoms with Crippen molar-refractivity contribution < 1.29 is 38.5 Å². The Hall–Kier alpha value is -6.38. The number of halogens is 1. The van der Waals surface area contributed by atoms with E-state index in [1.807, 2.05) is 88.7 Å². The van der Waals surface area contributed by atoms with E-state index in [0.29, 0.717) is 42.0 Å². The quantitative estimate of drug-likeness (QED) is 0.0698. The van der Waals surface area contributed by atoms with E-state index in [1.165, 1.54) is 11.0 Å². The molecule has 7 heterocycles. The average molecular weight is 1040 g/mol. The van der Waals surface area contributed by atoms with Crippen LogP contribution in [-0.4, -0.2) is 147 Å². The number of aromatic nitrogens is 4. The molecule has 4 aliphatic rings. The molecule has 17 nitrogen and oxygen atoms in total. The van der Waals surface area contributed by atoms with Crippen LogP contribution >= 0.6 is 11.3 Å². The highest BCUT2D eigenvalue weighted by Gasteiger charge is 2.45. The fourth-order valence-corrected chi connectivity index (χ4v) is 12.0. The first kappa shape index (κ1) is 52.1. The van der Waals surface area contributed by atoms with Gasteiger partial charge in [0.15, 0.2) is 5.82 Å². The van der Waals surface area contributed by atoms with Gasteiger partial charge in [-0.3, -0.25) is 24.3 Å². The number of β-amino-alcohol motifs (C(OH)–C–C–N with tert-alkyl or cyclic N) is 1. The van der Waals surface area contributed by atoms with E-state index in [0.717, 1.165) is 84.3 Å². The second-order valence-corrected chi connectivity index (χ2v) is 22.7. The van der Waals surface area contributed by atoms with Crippen LogP contribution in [0.3, 0.4) is 0 Å². The standard InChI is InChI=1S/C56H67FN10O7S/c1-32(35-10-12-36(13-11-35)50-33(2)59-31-75-50)60-53(71)45-24-41(69)28-67(45)54(72)51(56(3,4)5)62-46(70)30-73-29-34-16-18-65(19-17-34)20-21-74-55-63-49-44(52(64-55)66-26-38-14-15-39(27-66)61-38)25-58-48(47(49)57)43-23-40(68)22-37-8-6-7-9-42(37)43/h6-13,22-23,25,31-32,34,38-39,41,45,51,61,68-69H,14-21,24,26-30H2,1-5H3,(H,60,71)(H,62,70)/t32-,38?,39?,41+,45-,51+/m0/s1. The highest BCUT2D eigenvalue weighted by atomic mass is 32.1. The number of aliphatic hydroxyl groups excluding tert-OH is 1. The summed E-state index contributed by atoms with van der Waals surface area (Å²) in [4.78, 5) is 66.8. The Morgan fingerprint density at radius 2 is 1.69 bits per heavy atom. The normalized spacial score (nSPS) is 21.2. The number of fused-ring (bicyclic) bond motifs is 4. The third-order valence-corrected chi connectivity index (χ3v) is 16.2. The summed E-state index contributed by atoms with van der Waals surface area (Å²) < 4.78 is 29.0. The summed E-state index contributed by atoms with van der Waals surface area (Å²) in [6.07, 6.45) is 4.65. The van der Waals surface area contributed by atoms with Crippen LogP contribution in [0.5, 0.6) is 11.8 Å². The molecule has 3 aromatic heterocycles. The van der Waals surface area contributed by atoms with Crippen LogP contribution in [-0.2, 0) is 19.1 Å². The molecule has 6 atom stereocenters. The lowest BCUT2D eigenvalue weighted by Crippen LogP contribution is -2.58. The molecule has 396 valence electrons. The molecule has 0 saturated carbocycles. The molecule has 19 heteroatoms. The number of thiazole rings is 1. The Labute approximate surface area is 440 Å². The molecule has 75 heavy (non-hydrogen) atoms. The molecule has 2 unspecified atom stereocenters. The van der Waals surface area contributed by atoms with Crippen molar-refractivity contribution in [1.82, 2.24) is 45.7 Å². The monoisotopic (exact) mass is 1040 g/mol. The van der Waals surface area contributed by atoms with Crippen molar-refractivity contribution in [2.24, 2.45) is 11.3 Å². The van der Waals surface area contributed by atoms with Gasteiger partial charge in [-0.05, 0) is 98.0 Å². The largest absolute Gasteiger partial charge is 0.508 e. The molecule has 3 amide bonds. The zero-order valence-electron chi connectivity index (χ0n) is 43.2. The van der Waals surface area contributed by atoms with Gasteiger partial charge in [0, 0.05) is 56.4 Å². The number of carbonyl (C=O) groups is 3. The van der Waals surface area contributed by atoms with Gasteiger partial charge < -0.3 is 45.4 Å². The van der Waals surface area contributed by atoms with Crippen LogP contribution in [0.2, 0.25) is 0 Å². The number of aliphatic hydroxyl groups is 1. The van der Waals surface area contributed by atoms with E-state index in [2.05, 4.69) is 40.7 Å². The van der Waals surface area contributed by atoms with Crippen molar-refractivity contribution in [1.29, 1.82) is 0 Å². The van der Waals surface area contributed by atoms with Gasteiger partial charge in [-0.25, -0.2) is 9.37 Å². The van der Waals surface area contributed by atoms with Gasteiger partial charge in [-0.15, -0.1) is 11.3 Å². The number of likely N-dealkylation sites (tertiary alicyclic amines) is 2. The molecule has 4 aliphatic heterocycles. The van der Waals surface area contributed by atoms with Crippen LogP contribution in [0.25, 0.3) is 43.4 Å². The van der Waals surface area contributed by atoms with Gasteiger partial charge in [0.25, 0.3) is 0 Å². The van der Waals surface area contributed by atoms with Crippen LogP contribution in [0.1, 0.15) is 77.1 Å². The molecule has 0 aliphatic carbocycles. The van der Waals surface area contributed by atoms with Gasteiger partial charge in [0.2, 0.25) is 17.7 Å². The van der Waals surface area contributed by atoms with E-state index >= 15 is 4.39 Å². The zero-order chi connectivity index (χ0) is 52.5. The van der Waals surface area contributed by atoms with Crippen LogP contribution in [0.4, 0.5) is 10.2 Å². The molecule has 10 rings (SSSR count). The number of amides is 3. The molecule has 3 aromatic carbocycles. The number of nitrogens with one attached hydrogen (secondary N) is 3. The van der Waals surface area contributed by atoms with Crippen LogP contribution < -0.4 is 25.6 Å². The third-order valence-electron chi connectivity index (χ3n) is 15.3. The maximum absolute atomic E-state index is 16.8. The molecule has 2 bridgehead atoms. The number of pyridine rings is 1. The second-order valence-electron chi connectivity index (χ2n) is 21.8. The van der Waals surface area contributed by atoms with Crippen molar-refractivity contribution in [3.05, 3.63) is 89.4 Å². The predicted molar refractivity (Wildman–Crippen MR) is 286 cm³/mol. The lowest BCUT2D eigenvalue weighted by molar-refractivity contribution is -0.144. The Morgan fingerprint density at radius 3 is 2.41 bits per heavy atom. The van der Waals surface area contributed by atoms with Gasteiger partial charge in [0.05, 0.1) is 40.2 Å². The summed E-state index contributed by atoms with van der Waals surface area (Å²) >= 11 is 1.57. The van der Waals surface area contributed by atoms with Gasteiger partial charge in [-0.1, -0.05) is 69.3 Å². The van der Waals surface area contributed by atoms with Gasteiger partial charge >= 0.3 is 6.01 Å². The molecule has 6 aromatic rings. The number of anilines is 1. The summed E-state index contributed by atoms with van der Waals surface area (Å²) in [5, 5.41) is 32.9. The molecular weight excluding hydrogens is 976 g/mol. The van der Waals surface area contributed by atoms with Crippen LogP contribution in [0, 0.1) is 24.1 Å². The number of ether oxygens (including phenoxy) is 2. The maximum atomic E-state index is 16.8. The maximum Gasteiger partial charge on any atom is 0.319 e. The summed E-state index contributed by atoms with van der Waals surface area (Å²) in [5.41, 5.74) is 4.68. The Kier molecular flexibility index (Phi) is 15.3. The number of aryl methyl sites for hydroxylation is 1. The smallest absolute Gasteiger partial charge is 0.319 e. The minimum absolute atomic E-state index is 0.0134. The molecule has 4 fully saturated rings. The minimum atomic E-state index is -0.970. The molecular formula is C56H67FN10O7S. The molecule has 4 saturated heterocycles. The summed E-state index contributed by atoms with van der Waals surface area (Å²) in [6, 6.07) is 17.1. The lowest BCUT2D eigenvalue weighted by Gasteiger charge is -2.35. The highest BCUT2D eigenvalue weighted by molar-refractivity contribution is 7.13. The third kappa shape index (κ3) is 11.6. The molecule has 0 spiro atoms. The van der Waals surface area contributed by atoms with E-state index in [4.69, 9.17) is 14.5 Å². The molecule has 5 N–H and O–H groups in total. The number of benzene rings is 3. The Morgan fingerprint density at radius 1 is 0.947 bits per heavy atom. The van der Waals surface area contributed by atoms with Gasteiger partial charge in [-0.2, -0.15) is 9.97 Å². The lowest BCUT2D eigenvalue weighted by atomic mass is 9.85. The molecule has 0 radical (unpaired) electrons. The zero-order valence-corrected chi connectivity index (χ0v) is 44.0. The average Bonchev–Trinajstić information content (AvgIpc) is 4.11.